The summed E-state index contributed by atoms with van der Waals surface area (Å²) in [6, 6.07) is 3.64. The molecule has 1 N–H and O–H groups in total. The van der Waals surface area contributed by atoms with Crippen LogP contribution in [0.1, 0.15) is 38.5 Å². The highest BCUT2D eigenvalue weighted by Crippen LogP contribution is 2.40. The molecule has 1 fully saturated rings. The van der Waals surface area contributed by atoms with Crippen LogP contribution in [0.15, 0.2) is 0 Å². The van der Waals surface area contributed by atoms with Crippen molar-refractivity contribution in [2.24, 2.45) is 5.41 Å². The molecule has 0 saturated heterocycles. The second-order valence-electron chi connectivity index (χ2n) is 4.89. The summed E-state index contributed by atoms with van der Waals surface area (Å²) in [5.74, 6) is -1.37. The Labute approximate surface area is 112 Å². The Bertz CT molecular complexity index is 411. The molecule has 0 unspecified atom stereocenters. The Balaban J connectivity index is 2.78. The fourth-order valence-electron chi connectivity index (χ4n) is 2.50. The van der Waals surface area contributed by atoms with E-state index < -0.39 is 17.3 Å². The van der Waals surface area contributed by atoms with E-state index in [1.165, 1.54) is 0 Å². The van der Waals surface area contributed by atoms with Crippen LogP contribution in [0.4, 0.5) is 0 Å². The molecule has 6 nitrogen and oxygen atoms in total. The van der Waals surface area contributed by atoms with E-state index in [4.69, 9.17) is 10.5 Å². The predicted molar refractivity (Wildman–Crippen MR) is 65.6 cm³/mol. The quantitative estimate of drug-likeness (QED) is 0.752. The van der Waals surface area contributed by atoms with Crippen molar-refractivity contribution in [3.63, 3.8) is 0 Å². The van der Waals surface area contributed by atoms with E-state index in [9.17, 15) is 14.7 Å². The highest BCUT2D eigenvalue weighted by molar-refractivity contribution is 5.85. The van der Waals surface area contributed by atoms with E-state index in [-0.39, 0.29) is 19.5 Å². The Morgan fingerprint density at radius 1 is 1.11 bits per heavy atom. The van der Waals surface area contributed by atoms with Gasteiger partial charge in [-0.1, -0.05) is 19.3 Å². The number of carbonyl (C=O) groups is 2. The maximum absolute atomic E-state index is 12.1. The molecule has 102 valence electrons. The minimum absolute atomic E-state index is 0.119. The first kappa shape index (κ1) is 15.0. The number of hydrogen-bond acceptors (Lipinski definition) is 4. The molecule has 0 radical (unpaired) electrons. The van der Waals surface area contributed by atoms with E-state index >= 15 is 0 Å². The van der Waals surface area contributed by atoms with E-state index in [1.807, 2.05) is 12.1 Å². The number of aliphatic carboxylic acids is 1. The van der Waals surface area contributed by atoms with Gasteiger partial charge in [-0.3, -0.25) is 9.59 Å². The number of carbonyl (C=O) groups excluding carboxylic acids is 1. The van der Waals surface area contributed by atoms with Crippen LogP contribution in [0.2, 0.25) is 0 Å². The number of nitriles is 2. The van der Waals surface area contributed by atoms with Crippen molar-refractivity contribution in [2.75, 3.05) is 13.1 Å². The molecule has 1 rings (SSSR count). The molecule has 0 aromatic rings. The maximum Gasteiger partial charge on any atom is 0.310 e. The van der Waals surface area contributed by atoms with Crippen LogP contribution in [-0.2, 0) is 9.59 Å². The SMILES string of the molecule is N#CCN(CC#N)C(=O)CC1(C(=O)O)CCCCC1. The molecule has 1 aliphatic rings. The van der Waals surface area contributed by atoms with E-state index in [0.29, 0.717) is 12.8 Å². The van der Waals surface area contributed by atoms with Crippen LogP contribution in [0.25, 0.3) is 0 Å². The summed E-state index contributed by atoms with van der Waals surface area (Å²) in [5.41, 5.74) is -1.02. The van der Waals surface area contributed by atoms with Crippen LogP contribution < -0.4 is 0 Å². The molecule has 0 aromatic heterocycles. The lowest BCUT2D eigenvalue weighted by Gasteiger charge is -2.33. The van der Waals surface area contributed by atoms with Gasteiger partial charge in [0, 0.05) is 6.42 Å². The zero-order chi connectivity index (χ0) is 14.3. The van der Waals surface area contributed by atoms with Gasteiger partial charge in [-0.05, 0) is 12.8 Å². The van der Waals surface area contributed by atoms with E-state index in [1.54, 1.807) is 0 Å². The molecule has 1 saturated carbocycles. The second kappa shape index (κ2) is 6.75. The van der Waals surface area contributed by atoms with Gasteiger partial charge in [0.15, 0.2) is 0 Å². The summed E-state index contributed by atoms with van der Waals surface area (Å²) < 4.78 is 0. The minimum Gasteiger partial charge on any atom is -0.481 e. The Morgan fingerprint density at radius 2 is 1.63 bits per heavy atom. The van der Waals surface area contributed by atoms with Gasteiger partial charge in [-0.25, -0.2) is 0 Å². The number of carboxylic acid groups (broad SMARTS) is 1. The van der Waals surface area contributed by atoms with Crippen molar-refractivity contribution < 1.29 is 14.7 Å². The monoisotopic (exact) mass is 263 g/mol. The number of nitrogens with zero attached hydrogens (tertiary/aromatic N) is 3. The van der Waals surface area contributed by atoms with Gasteiger partial charge >= 0.3 is 5.97 Å². The van der Waals surface area contributed by atoms with Gasteiger partial charge in [-0.2, -0.15) is 10.5 Å². The maximum atomic E-state index is 12.1. The fraction of sp³-hybridized carbons (Fsp3) is 0.692. The lowest BCUT2D eigenvalue weighted by atomic mass is 9.71. The van der Waals surface area contributed by atoms with Gasteiger partial charge in [-0.15, -0.1) is 0 Å². The number of rotatable bonds is 5. The molecular weight excluding hydrogens is 246 g/mol. The average Bonchev–Trinajstić information content (AvgIpc) is 2.39. The Morgan fingerprint density at radius 3 is 2.05 bits per heavy atom. The van der Waals surface area contributed by atoms with Crippen molar-refractivity contribution in [3.8, 4) is 12.1 Å². The van der Waals surface area contributed by atoms with E-state index in [0.717, 1.165) is 24.2 Å². The molecule has 1 aliphatic carbocycles. The smallest absolute Gasteiger partial charge is 0.310 e. The van der Waals surface area contributed by atoms with Crippen molar-refractivity contribution >= 4 is 11.9 Å². The fourth-order valence-corrected chi connectivity index (χ4v) is 2.50. The van der Waals surface area contributed by atoms with E-state index in [2.05, 4.69) is 0 Å². The highest BCUT2D eigenvalue weighted by atomic mass is 16.4. The molecule has 0 spiro atoms. The van der Waals surface area contributed by atoms with Crippen LogP contribution >= 0.6 is 0 Å². The van der Waals surface area contributed by atoms with Gasteiger partial charge in [0.25, 0.3) is 0 Å². The third kappa shape index (κ3) is 3.69. The summed E-state index contributed by atoms with van der Waals surface area (Å²) in [6.45, 7) is -0.357. The van der Waals surface area contributed by atoms with Crippen LogP contribution in [0.5, 0.6) is 0 Å². The molecule has 0 atom stereocenters. The number of carboxylic acids is 1. The second-order valence-corrected chi connectivity index (χ2v) is 4.89. The van der Waals surface area contributed by atoms with Crippen LogP contribution in [0, 0.1) is 28.1 Å². The summed E-state index contributed by atoms with van der Waals surface area (Å²) in [7, 11) is 0. The highest BCUT2D eigenvalue weighted by Gasteiger charge is 2.42. The summed E-state index contributed by atoms with van der Waals surface area (Å²) in [6.07, 6.45) is 3.45. The Hall–Kier alpha value is -2.08. The van der Waals surface area contributed by atoms with Crippen LogP contribution in [0.3, 0.4) is 0 Å². The zero-order valence-corrected chi connectivity index (χ0v) is 10.8. The topological polar surface area (TPSA) is 105 Å². The zero-order valence-electron chi connectivity index (χ0n) is 10.8. The predicted octanol–water partition coefficient (Wildman–Crippen LogP) is 1.29. The summed E-state index contributed by atoms with van der Waals surface area (Å²) >= 11 is 0. The van der Waals surface area contributed by atoms with Gasteiger partial charge in [0.1, 0.15) is 13.1 Å². The Kier molecular flexibility index (Phi) is 5.32. The van der Waals surface area contributed by atoms with Crippen LogP contribution in [-0.4, -0.2) is 35.0 Å². The van der Waals surface area contributed by atoms with Crippen molar-refractivity contribution in [3.05, 3.63) is 0 Å². The van der Waals surface area contributed by atoms with Gasteiger partial charge < -0.3 is 10.0 Å². The molecule has 0 aliphatic heterocycles. The summed E-state index contributed by atoms with van der Waals surface area (Å²) in [4.78, 5) is 24.6. The lowest BCUT2D eigenvalue weighted by molar-refractivity contribution is -0.155. The number of amides is 1. The first-order valence-electron chi connectivity index (χ1n) is 6.31. The van der Waals surface area contributed by atoms with Crippen molar-refractivity contribution in [1.29, 1.82) is 10.5 Å². The molecule has 1 amide bonds. The average molecular weight is 263 g/mol. The molecule has 0 aromatic carbocycles. The van der Waals surface area contributed by atoms with Crippen molar-refractivity contribution in [2.45, 2.75) is 38.5 Å². The third-order valence-corrected chi connectivity index (χ3v) is 3.63. The molecule has 0 heterocycles. The molecule has 19 heavy (non-hydrogen) atoms. The largest absolute Gasteiger partial charge is 0.481 e. The van der Waals surface area contributed by atoms with Gasteiger partial charge in [0.05, 0.1) is 17.6 Å². The lowest BCUT2D eigenvalue weighted by Crippen LogP contribution is -2.41. The minimum atomic E-state index is -1.02. The normalized spacial score (nSPS) is 16.9. The summed E-state index contributed by atoms with van der Waals surface area (Å²) in [5, 5.41) is 26.6. The molecular formula is C13H17N3O3. The first-order valence-corrected chi connectivity index (χ1v) is 6.31. The standard InChI is InChI=1S/C13H17N3O3/c14-6-8-16(9-7-15)11(17)10-13(12(18)19)4-2-1-3-5-13/h1-5,8-10H2,(H,18,19). The van der Waals surface area contributed by atoms with Crippen molar-refractivity contribution in [1.82, 2.24) is 4.90 Å². The first-order chi connectivity index (χ1) is 9.05. The number of hydrogen-bond donors (Lipinski definition) is 1. The molecule has 6 heteroatoms. The molecule has 0 bridgehead atoms. The van der Waals surface area contributed by atoms with Gasteiger partial charge in [0.2, 0.25) is 5.91 Å². The third-order valence-electron chi connectivity index (χ3n) is 3.63.